The van der Waals surface area contributed by atoms with Crippen LogP contribution in [-0.2, 0) is 15.0 Å². The summed E-state index contributed by atoms with van der Waals surface area (Å²) < 4.78 is 10.5. The van der Waals surface area contributed by atoms with E-state index in [-0.39, 0.29) is 24.5 Å². The molecular formula is C21H20N2O5. The highest BCUT2D eigenvalue weighted by molar-refractivity contribution is 6.05. The van der Waals surface area contributed by atoms with Gasteiger partial charge in [0.1, 0.15) is 0 Å². The summed E-state index contributed by atoms with van der Waals surface area (Å²) in [7, 11) is 0. The summed E-state index contributed by atoms with van der Waals surface area (Å²) in [6.45, 7) is 2.09. The zero-order chi connectivity index (χ0) is 19.7. The number of anilines is 1. The Morgan fingerprint density at radius 1 is 1.11 bits per heavy atom. The number of hydrogen-bond acceptors (Lipinski definition) is 5. The highest BCUT2D eigenvalue weighted by Gasteiger charge is 2.42. The molecule has 2 heterocycles. The van der Waals surface area contributed by atoms with E-state index in [0.29, 0.717) is 42.0 Å². The van der Waals surface area contributed by atoms with Gasteiger partial charge in [-0.3, -0.25) is 19.7 Å². The molecule has 1 atom stereocenters. The largest absolute Gasteiger partial charge is 0.454 e. The molecule has 2 aliphatic rings. The van der Waals surface area contributed by atoms with Crippen LogP contribution >= 0.6 is 0 Å². The number of benzene rings is 2. The van der Waals surface area contributed by atoms with Crippen molar-refractivity contribution in [2.75, 3.05) is 12.1 Å². The number of carbonyl (C=O) groups excluding carboxylic acids is 3. The maximum absolute atomic E-state index is 12.5. The smallest absolute Gasteiger partial charge is 0.255 e. The van der Waals surface area contributed by atoms with Crippen molar-refractivity contribution in [1.82, 2.24) is 5.32 Å². The Labute approximate surface area is 162 Å². The number of ether oxygens (including phenoxy) is 2. The fraction of sp³-hybridized carbons (Fsp3) is 0.286. The fourth-order valence-electron chi connectivity index (χ4n) is 3.68. The van der Waals surface area contributed by atoms with Gasteiger partial charge in [-0.1, -0.05) is 19.1 Å². The summed E-state index contributed by atoms with van der Waals surface area (Å²) in [5.74, 6) is 0.406. The first-order valence-corrected chi connectivity index (χ1v) is 9.18. The van der Waals surface area contributed by atoms with E-state index >= 15 is 0 Å². The molecule has 1 saturated heterocycles. The predicted molar refractivity (Wildman–Crippen MR) is 101 cm³/mol. The molecule has 2 N–H and O–H groups in total. The molecule has 144 valence electrons. The van der Waals surface area contributed by atoms with Gasteiger partial charge in [0.05, 0.1) is 5.41 Å². The van der Waals surface area contributed by atoms with Gasteiger partial charge in [-0.2, -0.15) is 0 Å². The van der Waals surface area contributed by atoms with Gasteiger partial charge in [0.15, 0.2) is 11.5 Å². The highest BCUT2D eigenvalue weighted by Crippen LogP contribution is 2.36. The third-order valence-electron chi connectivity index (χ3n) is 5.40. The lowest BCUT2D eigenvalue weighted by Crippen LogP contribution is -2.51. The number of carbonyl (C=O) groups is 3. The molecule has 0 unspecified atom stereocenters. The molecule has 4 rings (SSSR count). The van der Waals surface area contributed by atoms with Crippen molar-refractivity contribution in [3.63, 3.8) is 0 Å². The van der Waals surface area contributed by atoms with Crippen molar-refractivity contribution in [1.29, 1.82) is 0 Å². The van der Waals surface area contributed by atoms with Crippen molar-refractivity contribution in [3.05, 3.63) is 53.6 Å². The van der Waals surface area contributed by atoms with E-state index in [1.807, 2.05) is 19.1 Å². The van der Waals surface area contributed by atoms with Gasteiger partial charge in [-0.05, 0) is 48.7 Å². The lowest BCUT2D eigenvalue weighted by molar-refractivity contribution is -0.138. The standard InChI is InChI=1S/C21H20N2O5/c1-2-21(10-9-18(24)23-20(21)26)14-4-6-15(7-5-14)22-19(25)13-3-8-16-17(11-13)28-12-27-16/h3-8,11H,2,9-10,12H2,1H3,(H,22,25)(H,23,24,26)/t21-/m0/s1. The van der Waals surface area contributed by atoms with Crippen molar-refractivity contribution < 1.29 is 23.9 Å². The predicted octanol–water partition coefficient (Wildman–Crippen LogP) is 2.75. The van der Waals surface area contributed by atoms with Gasteiger partial charge >= 0.3 is 0 Å². The number of piperidine rings is 1. The molecule has 0 spiro atoms. The number of hydrogen-bond donors (Lipinski definition) is 2. The van der Waals surface area contributed by atoms with E-state index in [4.69, 9.17) is 9.47 Å². The second-order valence-corrected chi connectivity index (χ2v) is 6.91. The van der Waals surface area contributed by atoms with Gasteiger partial charge in [0.25, 0.3) is 5.91 Å². The van der Waals surface area contributed by atoms with Gasteiger partial charge < -0.3 is 14.8 Å². The maximum Gasteiger partial charge on any atom is 0.255 e. The summed E-state index contributed by atoms with van der Waals surface area (Å²) in [6, 6.07) is 12.2. The van der Waals surface area contributed by atoms with Crippen LogP contribution in [0.3, 0.4) is 0 Å². The molecular weight excluding hydrogens is 360 g/mol. The van der Waals surface area contributed by atoms with Crippen LogP contribution in [0.1, 0.15) is 42.1 Å². The number of imide groups is 1. The second kappa shape index (κ2) is 6.99. The van der Waals surface area contributed by atoms with E-state index in [0.717, 1.165) is 5.56 Å². The molecule has 0 aliphatic carbocycles. The Hall–Kier alpha value is -3.35. The molecule has 0 aromatic heterocycles. The first kappa shape index (κ1) is 18.0. The van der Waals surface area contributed by atoms with Crippen LogP contribution < -0.4 is 20.1 Å². The summed E-state index contributed by atoms with van der Waals surface area (Å²) >= 11 is 0. The van der Waals surface area contributed by atoms with Crippen LogP contribution in [0, 0.1) is 0 Å². The van der Waals surface area contributed by atoms with Crippen LogP contribution in [0.2, 0.25) is 0 Å². The van der Waals surface area contributed by atoms with E-state index in [1.54, 1.807) is 30.3 Å². The molecule has 7 heteroatoms. The molecule has 2 aliphatic heterocycles. The third kappa shape index (κ3) is 3.09. The highest BCUT2D eigenvalue weighted by atomic mass is 16.7. The number of fused-ring (bicyclic) bond motifs is 1. The van der Waals surface area contributed by atoms with Gasteiger partial charge in [-0.15, -0.1) is 0 Å². The average Bonchev–Trinajstić information content (AvgIpc) is 3.17. The van der Waals surface area contributed by atoms with Crippen LogP contribution in [-0.4, -0.2) is 24.5 Å². The Kier molecular flexibility index (Phi) is 4.50. The molecule has 7 nitrogen and oxygen atoms in total. The van der Waals surface area contributed by atoms with E-state index in [2.05, 4.69) is 10.6 Å². The Morgan fingerprint density at radius 3 is 2.57 bits per heavy atom. The normalized spacial score (nSPS) is 20.6. The summed E-state index contributed by atoms with van der Waals surface area (Å²) in [6.07, 6.45) is 1.40. The van der Waals surface area contributed by atoms with Gasteiger partial charge in [0, 0.05) is 17.7 Å². The van der Waals surface area contributed by atoms with Crippen molar-refractivity contribution in [2.24, 2.45) is 0 Å². The van der Waals surface area contributed by atoms with Crippen molar-refractivity contribution in [3.8, 4) is 11.5 Å². The van der Waals surface area contributed by atoms with Crippen molar-refractivity contribution >= 4 is 23.4 Å². The minimum atomic E-state index is -0.715. The van der Waals surface area contributed by atoms with E-state index in [9.17, 15) is 14.4 Å². The summed E-state index contributed by atoms with van der Waals surface area (Å²) in [4.78, 5) is 36.5. The molecule has 1 fully saturated rings. The SMILES string of the molecule is CC[C@@]1(c2ccc(NC(=O)c3ccc4c(c3)OCO4)cc2)CCC(=O)NC1=O. The average molecular weight is 380 g/mol. The first-order valence-electron chi connectivity index (χ1n) is 9.18. The van der Waals surface area contributed by atoms with E-state index < -0.39 is 5.41 Å². The monoisotopic (exact) mass is 380 g/mol. The molecule has 28 heavy (non-hydrogen) atoms. The minimum Gasteiger partial charge on any atom is -0.454 e. The lowest BCUT2D eigenvalue weighted by Gasteiger charge is -2.35. The van der Waals surface area contributed by atoms with Gasteiger partial charge in [0.2, 0.25) is 18.6 Å². The topological polar surface area (TPSA) is 93.7 Å². The van der Waals surface area contributed by atoms with Crippen LogP contribution in [0.25, 0.3) is 0 Å². The van der Waals surface area contributed by atoms with Gasteiger partial charge in [-0.25, -0.2) is 0 Å². The number of nitrogens with one attached hydrogen (secondary N) is 2. The molecule has 2 aromatic rings. The summed E-state index contributed by atoms with van der Waals surface area (Å²) in [5.41, 5.74) is 1.20. The van der Waals surface area contributed by atoms with Crippen LogP contribution in [0.5, 0.6) is 11.5 Å². The Morgan fingerprint density at radius 2 is 1.86 bits per heavy atom. The molecule has 0 radical (unpaired) electrons. The fourth-order valence-corrected chi connectivity index (χ4v) is 3.68. The zero-order valence-corrected chi connectivity index (χ0v) is 15.4. The first-order chi connectivity index (χ1) is 13.5. The molecule has 3 amide bonds. The quantitative estimate of drug-likeness (QED) is 0.796. The lowest BCUT2D eigenvalue weighted by atomic mass is 9.72. The van der Waals surface area contributed by atoms with Crippen molar-refractivity contribution in [2.45, 2.75) is 31.6 Å². The zero-order valence-electron chi connectivity index (χ0n) is 15.4. The Balaban J connectivity index is 1.51. The molecule has 0 saturated carbocycles. The molecule has 0 bridgehead atoms. The summed E-state index contributed by atoms with van der Waals surface area (Å²) in [5, 5.41) is 5.28. The second-order valence-electron chi connectivity index (χ2n) is 6.91. The maximum atomic E-state index is 12.5. The van der Waals surface area contributed by atoms with Crippen LogP contribution in [0.15, 0.2) is 42.5 Å². The number of rotatable bonds is 4. The van der Waals surface area contributed by atoms with E-state index in [1.165, 1.54) is 0 Å². The molecule has 2 aromatic carbocycles. The number of amides is 3. The van der Waals surface area contributed by atoms with Crippen LogP contribution in [0.4, 0.5) is 5.69 Å². The Bertz CT molecular complexity index is 954. The third-order valence-corrected chi connectivity index (χ3v) is 5.40. The minimum absolute atomic E-state index is 0.153.